The van der Waals surface area contributed by atoms with E-state index in [2.05, 4.69) is 4.98 Å². The maximum absolute atomic E-state index is 8.33. The van der Waals surface area contributed by atoms with E-state index in [-0.39, 0.29) is 5.03 Å². The molecule has 1 aromatic heterocycles. The molecule has 0 aliphatic heterocycles. The second kappa shape index (κ2) is 3.75. The summed E-state index contributed by atoms with van der Waals surface area (Å²) in [5.74, 6) is 0. The fraction of sp³-hybridized carbons (Fsp3) is 0. The van der Waals surface area contributed by atoms with Crippen LogP contribution in [0, 0.1) is 11.3 Å². The van der Waals surface area contributed by atoms with Crippen molar-refractivity contribution in [1.82, 2.24) is 4.98 Å². The van der Waals surface area contributed by atoms with Gasteiger partial charge in [-0.15, -0.1) is 0 Å². The fourth-order valence-corrected chi connectivity index (χ4v) is 0.764. The highest BCUT2D eigenvalue weighted by atomic mass is 35.5. The first-order valence-electron chi connectivity index (χ1n) is 3.00. The highest BCUT2D eigenvalue weighted by Crippen LogP contribution is 2.07. The normalized spacial score (nSPS) is 10.7. The van der Waals surface area contributed by atoms with E-state index in [1.54, 1.807) is 30.6 Å². The molecule has 0 aliphatic rings. The summed E-state index contributed by atoms with van der Waals surface area (Å²) < 4.78 is 0. The molecule has 3 heteroatoms. The minimum absolute atomic E-state index is 0.177. The number of allylic oxidation sites excluding steroid dienone is 1. The van der Waals surface area contributed by atoms with Crippen molar-refractivity contribution < 1.29 is 0 Å². The van der Waals surface area contributed by atoms with Crippen LogP contribution in [0.5, 0.6) is 0 Å². The van der Waals surface area contributed by atoms with Gasteiger partial charge in [0.15, 0.2) is 0 Å². The number of hydrogen-bond donors (Lipinski definition) is 0. The largest absolute Gasteiger partial charge is 0.265 e. The molecule has 0 atom stereocenters. The van der Waals surface area contributed by atoms with Gasteiger partial charge in [0.25, 0.3) is 0 Å². The van der Waals surface area contributed by atoms with Crippen LogP contribution in [0.25, 0.3) is 6.08 Å². The van der Waals surface area contributed by atoms with Crippen molar-refractivity contribution in [2.45, 2.75) is 0 Å². The van der Waals surface area contributed by atoms with Crippen LogP contribution in [0.15, 0.2) is 29.6 Å². The Morgan fingerprint density at radius 2 is 2.18 bits per heavy atom. The van der Waals surface area contributed by atoms with E-state index in [1.165, 1.54) is 0 Å². The maximum atomic E-state index is 8.33. The molecule has 0 aliphatic carbocycles. The van der Waals surface area contributed by atoms with Crippen LogP contribution in [0.1, 0.15) is 5.56 Å². The Kier molecular flexibility index (Phi) is 2.65. The van der Waals surface area contributed by atoms with E-state index in [9.17, 15) is 0 Å². The molecule has 1 aromatic rings. The monoisotopic (exact) mass is 164 g/mol. The van der Waals surface area contributed by atoms with Gasteiger partial charge in [0, 0.05) is 12.4 Å². The third-order valence-corrected chi connectivity index (χ3v) is 1.30. The third-order valence-electron chi connectivity index (χ3n) is 1.11. The molecule has 0 saturated carbocycles. The van der Waals surface area contributed by atoms with E-state index in [0.29, 0.717) is 0 Å². The number of aromatic nitrogens is 1. The summed E-state index contributed by atoms with van der Waals surface area (Å²) >= 11 is 5.48. The number of pyridine rings is 1. The molecule has 0 aromatic carbocycles. The van der Waals surface area contributed by atoms with Crippen LogP contribution in [-0.2, 0) is 0 Å². The van der Waals surface area contributed by atoms with E-state index >= 15 is 0 Å². The third kappa shape index (κ3) is 2.40. The molecular formula is C8H5ClN2. The zero-order valence-electron chi connectivity index (χ0n) is 5.66. The molecule has 54 valence electrons. The van der Waals surface area contributed by atoms with Gasteiger partial charge in [0.05, 0.1) is 0 Å². The summed E-state index contributed by atoms with van der Waals surface area (Å²) in [6.45, 7) is 0. The Hall–Kier alpha value is -1.33. The Morgan fingerprint density at radius 3 is 2.73 bits per heavy atom. The van der Waals surface area contributed by atoms with Crippen LogP contribution in [0.4, 0.5) is 0 Å². The summed E-state index contributed by atoms with van der Waals surface area (Å²) in [5, 5.41) is 8.51. The van der Waals surface area contributed by atoms with Gasteiger partial charge in [-0.1, -0.05) is 11.6 Å². The zero-order chi connectivity index (χ0) is 8.10. The molecule has 0 amide bonds. The van der Waals surface area contributed by atoms with E-state index in [0.717, 1.165) is 5.56 Å². The van der Waals surface area contributed by atoms with Gasteiger partial charge in [0.2, 0.25) is 0 Å². The standard InChI is InChI=1S/C8H5ClN2/c9-8(6-10)5-7-1-3-11-4-2-7/h1-5H/b8-5+. The lowest BCUT2D eigenvalue weighted by Gasteiger charge is -1.88. The summed E-state index contributed by atoms with van der Waals surface area (Å²) in [7, 11) is 0. The van der Waals surface area contributed by atoms with Crippen LogP contribution in [0.3, 0.4) is 0 Å². The molecule has 11 heavy (non-hydrogen) atoms. The summed E-state index contributed by atoms with van der Waals surface area (Å²) in [5.41, 5.74) is 0.881. The van der Waals surface area contributed by atoms with Gasteiger partial charge in [0.1, 0.15) is 11.1 Å². The molecule has 0 radical (unpaired) electrons. The van der Waals surface area contributed by atoms with Gasteiger partial charge < -0.3 is 0 Å². The van der Waals surface area contributed by atoms with Crippen LogP contribution >= 0.6 is 11.6 Å². The Bertz CT molecular complexity index is 298. The number of hydrogen-bond acceptors (Lipinski definition) is 2. The van der Waals surface area contributed by atoms with Crippen molar-refractivity contribution in [2.24, 2.45) is 0 Å². The lowest BCUT2D eigenvalue weighted by Crippen LogP contribution is -1.73. The van der Waals surface area contributed by atoms with Gasteiger partial charge >= 0.3 is 0 Å². The Balaban J connectivity index is 2.90. The predicted octanol–water partition coefficient (Wildman–Crippen LogP) is 2.18. The Morgan fingerprint density at radius 1 is 1.55 bits per heavy atom. The molecule has 0 saturated heterocycles. The summed E-state index contributed by atoms with van der Waals surface area (Å²) in [4.78, 5) is 3.82. The molecule has 2 nitrogen and oxygen atoms in total. The van der Waals surface area contributed by atoms with Crippen molar-refractivity contribution >= 4 is 17.7 Å². The van der Waals surface area contributed by atoms with Gasteiger partial charge in [-0.05, 0) is 23.8 Å². The smallest absolute Gasteiger partial charge is 0.118 e. The van der Waals surface area contributed by atoms with E-state index < -0.39 is 0 Å². The van der Waals surface area contributed by atoms with Crippen LogP contribution in [0.2, 0.25) is 0 Å². The van der Waals surface area contributed by atoms with E-state index in [4.69, 9.17) is 16.9 Å². The Labute approximate surface area is 69.8 Å². The predicted molar refractivity (Wildman–Crippen MR) is 43.7 cm³/mol. The van der Waals surface area contributed by atoms with Crippen molar-refractivity contribution in [1.29, 1.82) is 5.26 Å². The fourth-order valence-electron chi connectivity index (χ4n) is 0.638. The quantitative estimate of drug-likeness (QED) is 0.597. The molecule has 0 bridgehead atoms. The zero-order valence-corrected chi connectivity index (χ0v) is 6.42. The maximum Gasteiger partial charge on any atom is 0.118 e. The second-order valence-corrected chi connectivity index (χ2v) is 2.29. The van der Waals surface area contributed by atoms with Crippen LogP contribution < -0.4 is 0 Å². The van der Waals surface area contributed by atoms with Crippen molar-refractivity contribution in [3.05, 3.63) is 35.1 Å². The van der Waals surface area contributed by atoms with Crippen molar-refractivity contribution in [3.8, 4) is 6.07 Å². The minimum Gasteiger partial charge on any atom is -0.265 e. The van der Waals surface area contributed by atoms with Gasteiger partial charge in [-0.25, -0.2) is 0 Å². The molecule has 0 fully saturated rings. The van der Waals surface area contributed by atoms with Gasteiger partial charge in [-0.3, -0.25) is 4.98 Å². The SMILES string of the molecule is N#C/C(Cl)=C\c1ccncc1. The summed E-state index contributed by atoms with van der Waals surface area (Å²) in [6.07, 6.45) is 4.88. The average Bonchev–Trinajstić information content (AvgIpc) is 2.06. The molecule has 1 heterocycles. The highest BCUT2D eigenvalue weighted by molar-refractivity contribution is 6.33. The molecule has 0 N–H and O–H groups in total. The highest BCUT2D eigenvalue weighted by Gasteiger charge is 1.88. The molecular weight excluding hydrogens is 160 g/mol. The molecule has 1 rings (SSSR count). The van der Waals surface area contributed by atoms with Crippen LogP contribution in [-0.4, -0.2) is 4.98 Å². The lowest BCUT2D eigenvalue weighted by atomic mass is 10.2. The summed E-state index contributed by atoms with van der Waals surface area (Å²) in [6, 6.07) is 5.37. The molecule has 0 spiro atoms. The average molecular weight is 165 g/mol. The minimum atomic E-state index is 0.177. The second-order valence-electron chi connectivity index (χ2n) is 1.88. The van der Waals surface area contributed by atoms with Crippen molar-refractivity contribution in [2.75, 3.05) is 0 Å². The molecule has 0 unspecified atom stereocenters. The number of rotatable bonds is 1. The first-order chi connectivity index (χ1) is 5.33. The number of nitriles is 1. The van der Waals surface area contributed by atoms with Gasteiger partial charge in [-0.2, -0.15) is 5.26 Å². The van der Waals surface area contributed by atoms with Crippen molar-refractivity contribution in [3.63, 3.8) is 0 Å². The first kappa shape index (κ1) is 7.77. The number of nitrogens with zero attached hydrogens (tertiary/aromatic N) is 2. The van der Waals surface area contributed by atoms with E-state index in [1.807, 2.05) is 6.07 Å². The number of halogens is 1. The first-order valence-corrected chi connectivity index (χ1v) is 3.38. The topological polar surface area (TPSA) is 36.7 Å². The lowest BCUT2D eigenvalue weighted by molar-refractivity contribution is 1.32.